The van der Waals surface area contributed by atoms with Crippen LogP contribution in [-0.4, -0.2) is 0 Å². The molecule has 0 spiro atoms. The molecule has 2 aromatic rings. The Bertz CT molecular complexity index is 639. The van der Waals surface area contributed by atoms with Gasteiger partial charge < -0.3 is 0 Å². The van der Waals surface area contributed by atoms with Gasteiger partial charge in [0.1, 0.15) is 0 Å². The SMILES string of the molecule is CCc1ccccc1C(Cl)c1c(C)c(C)c(C)c(C)c1C. The fraction of sp³-hybridized carbons (Fsp3) is 0.400. The van der Waals surface area contributed by atoms with E-state index in [0.717, 1.165) is 6.42 Å². The molecule has 1 heteroatoms. The first-order valence-electron chi connectivity index (χ1n) is 7.68. The zero-order chi connectivity index (χ0) is 15.7. The lowest BCUT2D eigenvalue weighted by molar-refractivity contribution is 0.997. The van der Waals surface area contributed by atoms with E-state index >= 15 is 0 Å². The smallest absolute Gasteiger partial charge is 0.0843 e. The van der Waals surface area contributed by atoms with Crippen LogP contribution in [0.3, 0.4) is 0 Å². The minimum atomic E-state index is -0.0702. The van der Waals surface area contributed by atoms with Gasteiger partial charge in [0.15, 0.2) is 0 Å². The lowest BCUT2D eigenvalue weighted by Gasteiger charge is -2.23. The third-order valence-corrected chi connectivity index (χ3v) is 5.47. The summed E-state index contributed by atoms with van der Waals surface area (Å²) in [5, 5.41) is -0.0702. The van der Waals surface area contributed by atoms with Crippen LogP contribution in [0.25, 0.3) is 0 Å². The topological polar surface area (TPSA) is 0 Å². The summed E-state index contributed by atoms with van der Waals surface area (Å²) in [6.07, 6.45) is 1.02. The molecule has 0 saturated heterocycles. The third-order valence-electron chi connectivity index (χ3n) is 5.02. The van der Waals surface area contributed by atoms with Gasteiger partial charge in [0.2, 0.25) is 0 Å². The van der Waals surface area contributed by atoms with Gasteiger partial charge in [-0.05, 0) is 85.5 Å². The van der Waals surface area contributed by atoms with E-state index in [2.05, 4.69) is 65.8 Å². The van der Waals surface area contributed by atoms with Crippen LogP contribution in [0.2, 0.25) is 0 Å². The Hall–Kier alpha value is -1.27. The first kappa shape index (κ1) is 16.1. The summed E-state index contributed by atoms with van der Waals surface area (Å²) < 4.78 is 0. The molecule has 0 aromatic heterocycles. The van der Waals surface area contributed by atoms with Crippen molar-refractivity contribution in [1.82, 2.24) is 0 Å². The quantitative estimate of drug-likeness (QED) is 0.599. The second-order valence-corrected chi connectivity index (χ2v) is 6.39. The van der Waals surface area contributed by atoms with Gasteiger partial charge in [-0.25, -0.2) is 0 Å². The van der Waals surface area contributed by atoms with Crippen LogP contribution in [0.5, 0.6) is 0 Å². The summed E-state index contributed by atoms with van der Waals surface area (Å²) in [7, 11) is 0. The molecule has 2 aromatic carbocycles. The number of rotatable bonds is 3. The van der Waals surface area contributed by atoms with Crippen molar-refractivity contribution >= 4 is 11.6 Å². The van der Waals surface area contributed by atoms with E-state index in [9.17, 15) is 0 Å². The number of benzene rings is 2. The molecule has 0 aliphatic rings. The van der Waals surface area contributed by atoms with Crippen molar-refractivity contribution in [1.29, 1.82) is 0 Å². The minimum absolute atomic E-state index is 0.0702. The third kappa shape index (κ3) is 2.74. The highest BCUT2D eigenvalue weighted by atomic mass is 35.5. The van der Waals surface area contributed by atoms with Crippen molar-refractivity contribution < 1.29 is 0 Å². The van der Waals surface area contributed by atoms with Crippen LogP contribution < -0.4 is 0 Å². The molecule has 112 valence electrons. The van der Waals surface area contributed by atoms with Gasteiger partial charge in [0.05, 0.1) is 5.38 Å². The second kappa shape index (κ2) is 6.23. The molecular formula is C20H25Cl. The van der Waals surface area contributed by atoms with Crippen molar-refractivity contribution in [2.45, 2.75) is 53.3 Å². The van der Waals surface area contributed by atoms with Crippen LogP contribution in [0, 0.1) is 34.6 Å². The Labute approximate surface area is 134 Å². The summed E-state index contributed by atoms with van der Waals surface area (Å²) in [5.41, 5.74) is 10.7. The summed E-state index contributed by atoms with van der Waals surface area (Å²) in [5.74, 6) is 0. The first-order chi connectivity index (χ1) is 9.90. The Kier molecular flexibility index (Phi) is 4.78. The second-order valence-electron chi connectivity index (χ2n) is 5.95. The van der Waals surface area contributed by atoms with Crippen LogP contribution in [-0.2, 0) is 6.42 Å². The van der Waals surface area contributed by atoms with Crippen molar-refractivity contribution in [3.05, 3.63) is 68.8 Å². The van der Waals surface area contributed by atoms with Crippen LogP contribution in [0.4, 0.5) is 0 Å². The first-order valence-corrected chi connectivity index (χ1v) is 8.12. The minimum Gasteiger partial charge on any atom is -0.113 e. The zero-order valence-corrected chi connectivity index (χ0v) is 14.7. The van der Waals surface area contributed by atoms with E-state index < -0.39 is 0 Å². The van der Waals surface area contributed by atoms with Gasteiger partial charge in [-0.1, -0.05) is 31.2 Å². The monoisotopic (exact) mass is 300 g/mol. The number of hydrogen-bond acceptors (Lipinski definition) is 0. The molecular weight excluding hydrogens is 276 g/mol. The lowest BCUT2D eigenvalue weighted by Crippen LogP contribution is -2.07. The van der Waals surface area contributed by atoms with E-state index in [1.165, 1.54) is 44.5 Å². The van der Waals surface area contributed by atoms with Crippen molar-refractivity contribution in [2.75, 3.05) is 0 Å². The Balaban J connectivity index is 2.67. The van der Waals surface area contributed by atoms with E-state index in [1.807, 2.05) is 0 Å². The molecule has 0 amide bonds. The number of halogens is 1. The van der Waals surface area contributed by atoms with Crippen LogP contribution >= 0.6 is 11.6 Å². The molecule has 0 radical (unpaired) electrons. The molecule has 0 N–H and O–H groups in total. The van der Waals surface area contributed by atoms with Gasteiger partial charge in [0, 0.05) is 0 Å². The lowest BCUT2D eigenvalue weighted by atomic mass is 9.85. The Morgan fingerprint density at radius 2 is 1.29 bits per heavy atom. The van der Waals surface area contributed by atoms with Gasteiger partial charge >= 0.3 is 0 Å². The summed E-state index contributed by atoms with van der Waals surface area (Å²) in [4.78, 5) is 0. The molecule has 0 bridgehead atoms. The van der Waals surface area contributed by atoms with E-state index in [-0.39, 0.29) is 5.38 Å². The maximum absolute atomic E-state index is 6.92. The fourth-order valence-electron chi connectivity index (χ4n) is 3.17. The van der Waals surface area contributed by atoms with Gasteiger partial charge in [-0.15, -0.1) is 11.6 Å². The van der Waals surface area contributed by atoms with E-state index in [1.54, 1.807) is 0 Å². The molecule has 0 aliphatic carbocycles. The molecule has 0 saturated carbocycles. The van der Waals surface area contributed by atoms with Crippen LogP contribution in [0.15, 0.2) is 24.3 Å². The van der Waals surface area contributed by atoms with Crippen molar-refractivity contribution in [3.8, 4) is 0 Å². The molecule has 0 heterocycles. The van der Waals surface area contributed by atoms with Crippen molar-refractivity contribution in [3.63, 3.8) is 0 Å². The molecule has 0 aliphatic heterocycles. The average molecular weight is 301 g/mol. The standard InChI is InChI=1S/C20H25Cl/c1-7-17-10-8-9-11-18(17)20(21)19-15(5)13(3)12(2)14(4)16(19)6/h8-11,20H,7H2,1-6H3. The number of alkyl halides is 1. The zero-order valence-electron chi connectivity index (χ0n) is 14.0. The molecule has 21 heavy (non-hydrogen) atoms. The summed E-state index contributed by atoms with van der Waals surface area (Å²) in [6.45, 7) is 13.2. The highest BCUT2D eigenvalue weighted by Gasteiger charge is 2.21. The predicted molar refractivity (Wildman–Crippen MR) is 93.6 cm³/mol. The molecule has 0 nitrogen and oxygen atoms in total. The number of hydrogen-bond donors (Lipinski definition) is 0. The average Bonchev–Trinajstić information content (AvgIpc) is 2.51. The van der Waals surface area contributed by atoms with E-state index in [4.69, 9.17) is 11.6 Å². The largest absolute Gasteiger partial charge is 0.113 e. The number of aryl methyl sites for hydroxylation is 1. The van der Waals surface area contributed by atoms with Gasteiger partial charge in [-0.2, -0.15) is 0 Å². The Morgan fingerprint density at radius 1 is 0.810 bits per heavy atom. The molecule has 2 rings (SSSR count). The van der Waals surface area contributed by atoms with Crippen LogP contribution in [0.1, 0.15) is 56.8 Å². The normalized spacial score (nSPS) is 12.5. The molecule has 0 fully saturated rings. The maximum atomic E-state index is 6.92. The predicted octanol–water partition coefficient (Wildman–Crippen LogP) is 6.12. The summed E-state index contributed by atoms with van der Waals surface area (Å²) in [6, 6.07) is 8.53. The van der Waals surface area contributed by atoms with E-state index in [0.29, 0.717) is 0 Å². The molecule has 1 unspecified atom stereocenters. The fourth-order valence-corrected chi connectivity index (χ4v) is 3.71. The maximum Gasteiger partial charge on any atom is 0.0843 e. The Morgan fingerprint density at radius 3 is 1.81 bits per heavy atom. The van der Waals surface area contributed by atoms with Crippen molar-refractivity contribution in [2.24, 2.45) is 0 Å². The highest BCUT2D eigenvalue weighted by molar-refractivity contribution is 6.23. The van der Waals surface area contributed by atoms with Gasteiger partial charge in [0.25, 0.3) is 0 Å². The summed E-state index contributed by atoms with van der Waals surface area (Å²) >= 11 is 6.92. The highest BCUT2D eigenvalue weighted by Crippen LogP contribution is 2.38. The molecule has 1 atom stereocenters. The van der Waals surface area contributed by atoms with Gasteiger partial charge in [-0.3, -0.25) is 0 Å².